The normalized spacial score (nSPS) is 10.4. The van der Waals surface area contributed by atoms with Gasteiger partial charge in [0.05, 0.1) is 18.2 Å². The number of benzene rings is 1. The largest absolute Gasteiger partial charge is 0.496 e. The highest BCUT2D eigenvalue weighted by Crippen LogP contribution is 2.30. The number of aromatic nitrogens is 3. The van der Waals surface area contributed by atoms with E-state index in [0.717, 1.165) is 5.56 Å². The number of nitrogens with zero attached hydrogens (tertiary/aromatic N) is 3. The molecule has 8 nitrogen and oxygen atoms in total. The van der Waals surface area contributed by atoms with Crippen LogP contribution in [0.25, 0.3) is 11.3 Å². The molecule has 0 saturated carbocycles. The molecule has 0 unspecified atom stereocenters. The molecule has 144 valence electrons. The fourth-order valence-corrected chi connectivity index (χ4v) is 2.74. The molecule has 0 fully saturated rings. The molecule has 1 aromatic carbocycles. The van der Waals surface area contributed by atoms with Gasteiger partial charge in [-0.15, -0.1) is 0 Å². The molecule has 0 atom stereocenters. The first-order valence-electron chi connectivity index (χ1n) is 8.73. The predicted molar refractivity (Wildman–Crippen MR) is 104 cm³/mol. The molecular formula is C20H21N5O3. The molecule has 0 spiro atoms. The number of carbonyl (C=O) groups is 2. The topological polar surface area (TPSA) is 98.1 Å². The van der Waals surface area contributed by atoms with Gasteiger partial charge in [-0.05, 0) is 24.3 Å². The Kier molecular flexibility index (Phi) is 6.01. The number of pyridine rings is 1. The van der Waals surface area contributed by atoms with E-state index in [1.54, 1.807) is 43.4 Å². The van der Waals surface area contributed by atoms with E-state index < -0.39 is 0 Å². The molecule has 0 radical (unpaired) electrons. The summed E-state index contributed by atoms with van der Waals surface area (Å²) in [5.41, 5.74) is 2.18. The van der Waals surface area contributed by atoms with Gasteiger partial charge >= 0.3 is 0 Å². The zero-order chi connectivity index (χ0) is 19.9. The monoisotopic (exact) mass is 379 g/mol. The maximum Gasteiger partial charge on any atom is 0.255 e. The summed E-state index contributed by atoms with van der Waals surface area (Å²) >= 11 is 0. The second kappa shape index (κ2) is 8.81. The number of hydrogen-bond acceptors (Lipinski definition) is 5. The van der Waals surface area contributed by atoms with Gasteiger partial charge < -0.3 is 15.4 Å². The standard InChI is InChI=1S/C20H21N5O3/c1-25-13-16(18(24-25)15-7-3-4-8-17(15)28-2)20(27)23-11-10-22-19(26)14-6-5-9-21-12-14/h3-9,12-13H,10-11H2,1-2H3,(H,22,26)(H,23,27). The van der Waals surface area contributed by atoms with Crippen LogP contribution in [0.4, 0.5) is 0 Å². The van der Waals surface area contributed by atoms with E-state index in [9.17, 15) is 9.59 Å². The highest BCUT2D eigenvalue weighted by atomic mass is 16.5. The van der Waals surface area contributed by atoms with Crippen molar-refractivity contribution in [2.75, 3.05) is 20.2 Å². The van der Waals surface area contributed by atoms with Gasteiger partial charge in [-0.1, -0.05) is 12.1 Å². The van der Waals surface area contributed by atoms with Gasteiger partial charge in [-0.3, -0.25) is 19.3 Å². The molecule has 0 saturated heterocycles. The average Bonchev–Trinajstić information content (AvgIpc) is 3.13. The Morgan fingerprint density at radius 3 is 2.54 bits per heavy atom. The Balaban J connectivity index is 1.63. The third-order valence-electron chi connectivity index (χ3n) is 4.06. The van der Waals surface area contributed by atoms with E-state index in [2.05, 4.69) is 20.7 Å². The molecule has 3 aromatic rings. The zero-order valence-electron chi connectivity index (χ0n) is 15.7. The van der Waals surface area contributed by atoms with Gasteiger partial charge in [0.25, 0.3) is 11.8 Å². The second-order valence-corrected chi connectivity index (χ2v) is 6.02. The molecule has 2 aromatic heterocycles. The smallest absolute Gasteiger partial charge is 0.255 e. The minimum Gasteiger partial charge on any atom is -0.496 e. The fraction of sp³-hybridized carbons (Fsp3) is 0.200. The lowest BCUT2D eigenvalue weighted by Gasteiger charge is -2.09. The summed E-state index contributed by atoms with van der Waals surface area (Å²) in [5.74, 6) is 0.127. The van der Waals surface area contributed by atoms with E-state index in [1.165, 1.54) is 6.20 Å². The van der Waals surface area contributed by atoms with Gasteiger partial charge in [-0.25, -0.2) is 0 Å². The van der Waals surface area contributed by atoms with Crippen LogP contribution in [0.15, 0.2) is 55.0 Å². The van der Waals surface area contributed by atoms with Crippen molar-refractivity contribution in [2.24, 2.45) is 7.05 Å². The van der Waals surface area contributed by atoms with Crippen LogP contribution < -0.4 is 15.4 Å². The molecule has 2 amide bonds. The second-order valence-electron chi connectivity index (χ2n) is 6.02. The number of ether oxygens (including phenoxy) is 1. The van der Waals surface area contributed by atoms with Crippen molar-refractivity contribution in [3.63, 3.8) is 0 Å². The summed E-state index contributed by atoms with van der Waals surface area (Å²) in [6, 6.07) is 10.8. The number of para-hydroxylation sites is 1. The minimum atomic E-state index is -0.273. The van der Waals surface area contributed by atoms with Crippen molar-refractivity contribution >= 4 is 11.8 Å². The first-order valence-corrected chi connectivity index (χ1v) is 8.73. The highest BCUT2D eigenvalue weighted by Gasteiger charge is 2.19. The van der Waals surface area contributed by atoms with Crippen molar-refractivity contribution in [3.05, 3.63) is 66.1 Å². The Labute approximate surface area is 162 Å². The molecule has 0 aliphatic heterocycles. The Hall–Kier alpha value is -3.68. The third-order valence-corrected chi connectivity index (χ3v) is 4.06. The number of aryl methyl sites for hydroxylation is 1. The first-order chi connectivity index (χ1) is 13.6. The van der Waals surface area contributed by atoms with Crippen LogP contribution in [0.1, 0.15) is 20.7 Å². The van der Waals surface area contributed by atoms with Crippen molar-refractivity contribution in [3.8, 4) is 17.0 Å². The summed E-state index contributed by atoms with van der Waals surface area (Å²) < 4.78 is 6.96. The lowest BCUT2D eigenvalue weighted by Crippen LogP contribution is -2.34. The minimum absolute atomic E-state index is 0.238. The van der Waals surface area contributed by atoms with E-state index in [0.29, 0.717) is 29.1 Å². The molecule has 2 N–H and O–H groups in total. The number of rotatable bonds is 7. The molecule has 0 aliphatic carbocycles. The Bertz CT molecular complexity index is 969. The summed E-state index contributed by atoms with van der Waals surface area (Å²) in [6.07, 6.45) is 4.75. The van der Waals surface area contributed by atoms with Crippen LogP contribution in [0.2, 0.25) is 0 Å². The maximum absolute atomic E-state index is 12.6. The molecule has 2 heterocycles. The molecule has 0 aliphatic rings. The summed E-state index contributed by atoms with van der Waals surface area (Å²) in [5, 5.41) is 9.95. The summed E-state index contributed by atoms with van der Waals surface area (Å²) in [7, 11) is 3.33. The average molecular weight is 379 g/mol. The van der Waals surface area contributed by atoms with Crippen molar-refractivity contribution in [1.82, 2.24) is 25.4 Å². The van der Waals surface area contributed by atoms with Crippen LogP contribution in [0.5, 0.6) is 5.75 Å². The summed E-state index contributed by atoms with van der Waals surface area (Å²) in [6.45, 7) is 0.578. The fourth-order valence-electron chi connectivity index (χ4n) is 2.74. The van der Waals surface area contributed by atoms with Gasteiger partial charge in [0.15, 0.2) is 0 Å². The van der Waals surface area contributed by atoms with E-state index in [1.807, 2.05) is 24.3 Å². The van der Waals surface area contributed by atoms with E-state index in [4.69, 9.17) is 4.74 Å². The predicted octanol–water partition coefficient (Wildman–Crippen LogP) is 1.65. The van der Waals surface area contributed by atoms with Crippen molar-refractivity contribution < 1.29 is 14.3 Å². The van der Waals surface area contributed by atoms with Crippen LogP contribution in [0, 0.1) is 0 Å². The number of methoxy groups -OCH3 is 1. The number of hydrogen-bond donors (Lipinski definition) is 2. The Morgan fingerprint density at radius 1 is 1.07 bits per heavy atom. The maximum atomic E-state index is 12.6. The third kappa shape index (κ3) is 4.35. The van der Waals surface area contributed by atoms with Crippen LogP contribution in [0.3, 0.4) is 0 Å². The van der Waals surface area contributed by atoms with Crippen LogP contribution >= 0.6 is 0 Å². The molecule has 3 rings (SSSR count). The van der Waals surface area contributed by atoms with Crippen LogP contribution in [-0.4, -0.2) is 46.8 Å². The number of amides is 2. The van der Waals surface area contributed by atoms with Gasteiger partial charge in [-0.2, -0.15) is 5.10 Å². The van der Waals surface area contributed by atoms with Crippen molar-refractivity contribution in [1.29, 1.82) is 0 Å². The highest BCUT2D eigenvalue weighted by molar-refractivity contribution is 6.00. The lowest BCUT2D eigenvalue weighted by atomic mass is 10.1. The first kappa shape index (κ1) is 19.1. The zero-order valence-corrected chi connectivity index (χ0v) is 15.7. The quantitative estimate of drug-likeness (QED) is 0.608. The SMILES string of the molecule is COc1ccccc1-c1nn(C)cc1C(=O)NCCNC(=O)c1cccnc1. The molecular weight excluding hydrogens is 358 g/mol. The number of nitrogens with one attached hydrogen (secondary N) is 2. The van der Waals surface area contributed by atoms with Gasteiger partial charge in [0.2, 0.25) is 0 Å². The molecule has 28 heavy (non-hydrogen) atoms. The van der Waals surface area contributed by atoms with E-state index in [-0.39, 0.29) is 18.4 Å². The Morgan fingerprint density at radius 2 is 1.82 bits per heavy atom. The van der Waals surface area contributed by atoms with Crippen molar-refractivity contribution in [2.45, 2.75) is 0 Å². The molecule has 0 bridgehead atoms. The lowest BCUT2D eigenvalue weighted by molar-refractivity contribution is 0.0927. The molecule has 8 heteroatoms. The van der Waals surface area contributed by atoms with E-state index >= 15 is 0 Å². The van der Waals surface area contributed by atoms with Gasteiger partial charge in [0.1, 0.15) is 11.4 Å². The number of carbonyl (C=O) groups excluding carboxylic acids is 2. The summed E-state index contributed by atoms with van der Waals surface area (Å²) in [4.78, 5) is 28.5. The van der Waals surface area contributed by atoms with Crippen LogP contribution in [-0.2, 0) is 7.05 Å². The van der Waals surface area contributed by atoms with Gasteiger partial charge in [0, 0.05) is 44.3 Å².